The summed E-state index contributed by atoms with van der Waals surface area (Å²) in [5.74, 6) is 0.754. The molecule has 0 saturated carbocycles. The summed E-state index contributed by atoms with van der Waals surface area (Å²) in [6, 6.07) is 0. The summed E-state index contributed by atoms with van der Waals surface area (Å²) in [6.45, 7) is 3.69. The molecule has 1 aliphatic rings. The number of aromatic nitrogens is 4. The lowest BCUT2D eigenvalue weighted by Gasteiger charge is -2.28. The molecule has 1 aliphatic heterocycles. The van der Waals surface area contributed by atoms with Gasteiger partial charge in [-0.3, -0.25) is 19.2 Å². The van der Waals surface area contributed by atoms with Crippen LogP contribution in [0.25, 0.3) is 11.2 Å². The first-order chi connectivity index (χ1) is 10.5. The molecule has 3 rings (SSSR count). The molecule has 0 aromatic carbocycles. The van der Waals surface area contributed by atoms with Gasteiger partial charge in [0.25, 0.3) is 5.56 Å². The van der Waals surface area contributed by atoms with E-state index in [9.17, 15) is 14.7 Å². The van der Waals surface area contributed by atoms with Gasteiger partial charge in [-0.1, -0.05) is 0 Å². The molecule has 120 valence electrons. The van der Waals surface area contributed by atoms with Crippen LogP contribution in [0.1, 0.15) is 0 Å². The average molecular weight is 309 g/mol. The van der Waals surface area contributed by atoms with E-state index in [-0.39, 0.29) is 6.61 Å². The van der Waals surface area contributed by atoms with E-state index in [2.05, 4.69) is 26.8 Å². The van der Waals surface area contributed by atoms with Gasteiger partial charge in [-0.25, -0.2) is 14.3 Å². The van der Waals surface area contributed by atoms with Gasteiger partial charge in [0.15, 0.2) is 0 Å². The minimum absolute atomic E-state index is 0.0827. The van der Waals surface area contributed by atoms with E-state index in [1.807, 2.05) is 0 Å². The summed E-state index contributed by atoms with van der Waals surface area (Å²) in [7, 11) is 3.67. The van der Waals surface area contributed by atoms with Crippen LogP contribution in [0.5, 0.6) is 0 Å². The van der Waals surface area contributed by atoms with Crippen molar-refractivity contribution in [1.29, 1.82) is 0 Å². The Morgan fingerprint density at radius 3 is 2.45 bits per heavy atom. The van der Waals surface area contributed by atoms with Crippen molar-refractivity contribution < 1.29 is 9.67 Å². The van der Waals surface area contributed by atoms with Crippen molar-refractivity contribution in [1.82, 2.24) is 19.4 Å². The second-order valence-corrected chi connectivity index (χ2v) is 5.63. The van der Waals surface area contributed by atoms with Crippen LogP contribution < -0.4 is 20.7 Å². The van der Waals surface area contributed by atoms with Gasteiger partial charge >= 0.3 is 11.6 Å². The molecule has 9 nitrogen and oxygen atoms in total. The van der Waals surface area contributed by atoms with Crippen molar-refractivity contribution in [2.75, 3.05) is 44.7 Å². The van der Waals surface area contributed by atoms with Crippen molar-refractivity contribution >= 4 is 17.1 Å². The lowest BCUT2D eigenvalue weighted by atomic mass is 10.3. The maximum atomic E-state index is 12.2. The maximum absolute atomic E-state index is 12.2. The molecule has 0 radical (unpaired) electrons. The number of imidazole rings is 1. The molecule has 0 bridgehead atoms. The number of hydrogen-bond acceptors (Lipinski definition) is 5. The standard InChI is InChI=1S/C13H20N6O3/c1-16-3-5-18(6-4-16)12-14-10-9(19(12)7-8-20)11(21)15-13(22)17(10)2/h20H,3-8H2,1-2H3,(H,15,21,22)/p+1. The van der Waals surface area contributed by atoms with Crippen LogP contribution in [-0.4, -0.2) is 64.4 Å². The summed E-state index contributed by atoms with van der Waals surface area (Å²) in [5, 5.41) is 9.33. The number of nitrogens with zero attached hydrogens (tertiary/aromatic N) is 4. The van der Waals surface area contributed by atoms with Gasteiger partial charge in [0.1, 0.15) is 0 Å². The normalized spacial score (nSPS) is 16.6. The Labute approximate surface area is 126 Å². The molecule has 2 aromatic rings. The number of piperazine rings is 1. The average Bonchev–Trinajstić information content (AvgIpc) is 2.86. The van der Waals surface area contributed by atoms with Gasteiger partial charge in [0, 0.05) is 20.1 Å². The van der Waals surface area contributed by atoms with E-state index < -0.39 is 11.2 Å². The van der Waals surface area contributed by atoms with Gasteiger partial charge in [-0.15, -0.1) is 0 Å². The second-order valence-electron chi connectivity index (χ2n) is 5.63. The Bertz CT molecular complexity index is 796. The molecule has 9 heteroatoms. The van der Waals surface area contributed by atoms with Crippen LogP contribution in [0.4, 0.5) is 5.95 Å². The number of aryl methyl sites for hydroxylation is 1. The quantitative estimate of drug-likeness (QED) is 0.548. The van der Waals surface area contributed by atoms with E-state index in [0.717, 1.165) is 32.1 Å². The molecule has 0 amide bonds. The SMILES string of the molecule is CN1CCN(c2[nH]c3c(c(=O)[nH]c(=O)n3C)[n+]2CCO)CC1. The number of rotatable bonds is 3. The smallest absolute Gasteiger partial charge is 0.359 e. The Hall–Kier alpha value is -2.13. The monoisotopic (exact) mass is 309 g/mol. The van der Waals surface area contributed by atoms with Gasteiger partial charge in [0.05, 0.1) is 26.2 Å². The van der Waals surface area contributed by atoms with Gasteiger partial charge in [0.2, 0.25) is 11.2 Å². The fourth-order valence-electron chi connectivity index (χ4n) is 2.87. The van der Waals surface area contributed by atoms with Crippen molar-refractivity contribution in [2.24, 2.45) is 7.05 Å². The Kier molecular flexibility index (Phi) is 3.75. The van der Waals surface area contributed by atoms with E-state index in [0.29, 0.717) is 17.7 Å². The predicted molar refractivity (Wildman–Crippen MR) is 81.2 cm³/mol. The molecular weight excluding hydrogens is 288 g/mol. The zero-order chi connectivity index (χ0) is 15.9. The number of aliphatic hydroxyl groups is 1. The molecule has 0 atom stereocenters. The van der Waals surface area contributed by atoms with Crippen LogP contribution in [0, 0.1) is 0 Å². The van der Waals surface area contributed by atoms with E-state index in [1.54, 1.807) is 11.6 Å². The number of likely N-dealkylation sites (N-methyl/N-ethyl adjacent to an activating group) is 1. The number of aliphatic hydroxyl groups excluding tert-OH is 1. The Morgan fingerprint density at radius 1 is 1.14 bits per heavy atom. The number of aromatic amines is 2. The lowest BCUT2D eigenvalue weighted by Crippen LogP contribution is -2.51. The van der Waals surface area contributed by atoms with Gasteiger partial charge in [-0.05, 0) is 7.05 Å². The molecule has 1 fully saturated rings. The van der Waals surface area contributed by atoms with Gasteiger partial charge < -0.3 is 10.0 Å². The van der Waals surface area contributed by atoms with Crippen LogP contribution in [0.3, 0.4) is 0 Å². The summed E-state index contributed by atoms with van der Waals surface area (Å²) < 4.78 is 3.13. The zero-order valence-corrected chi connectivity index (χ0v) is 12.8. The minimum atomic E-state index is -0.458. The molecule has 22 heavy (non-hydrogen) atoms. The molecular formula is C13H21N6O3+. The fourth-order valence-corrected chi connectivity index (χ4v) is 2.87. The van der Waals surface area contributed by atoms with Crippen molar-refractivity contribution in [3.8, 4) is 0 Å². The molecule has 0 aliphatic carbocycles. The topological polar surface area (TPSA) is 101 Å². The van der Waals surface area contributed by atoms with Crippen LogP contribution in [0.15, 0.2) is 9.59 Å². The Balaban J connectivity index is 2.19. The third-order valence-electron chi connectivity index (χ3n) is 4.18. The van der Waals surface area contributed by atoms with Crippen molar-refractivity contribution in [3.05, 3.63) is 20.8 Å². The van der Waals surface area contributed by atoms with Crippen LogP contribution in [0.2, 0.25) is 0 Å². The largest absolute Gasteiger partial charge is 0.393 e. The van der Waals surface area contributed by atoms with Crippen molar-refractivity contribution in [2.45, 2.75) is 6.54 Å². The molecule has 1 saturated heterocycles. The minimum Gasteiger partial charge on any atom is -0.393 e. The summed E-state index contributed by atoms with van der Waals surface area (Å²) in [5.41, 5.74) is -0.0517. The van der Waals surface area contributed by atoms with E-state index >= 15 is 0 Å². The number of fused-ring (bicyclic) bond motifs is 1. The highest BCUT2D eigenvalue weighted by molar-refractivity contribution is 5.67. The second kappa shape index (κ2) is 5.58. The maximum Gasteiger partial charge on any atom is 0.359 e. The third-order valence-corrected chi connectivity index (χ3v) is 4.18. The summed E-state index contributed by atoms with van der Waals surface area (Å²) in [4.78, 5) is 33.8. The molecule has 3 N–H and O–H groups in total. The van der Waals surface area contributed by atoms with Crippen LogP contribution in [-0.2, 0) is 13.6 Å². The number of H-pyrrole nitrogens is 2. The first-order valence-corrected chi connectivity index (χ1v) is 7.32. The number of hydrogen-bond donors (Lipinski definition) is 3. The first-order valence-electron chi connectivity index (χ1n) is 7.32. The highest BCUT2D eigenvalue weighted by Crippen LogP contribution is 2.13. The number of anilines is 1. The molecule has 2 aromatic heterocycles. The van der Waals surface area contributed by atoms with Crippen molar-refractivity contribution in [3.63, 3.8) is 0 Å². The highest BCUT2D eigenvalue weighted by atomic mass is 16.3. The summed E-state index contributed by atoms with van der Waals surface area (Å²) >= 11 is 0. The number of nitrogens with one attached hydrogen (secondary N) is 2. The highest BCUT2D eigenvalue weighted by Gasteiger charge is 2.29. The summed E-state index contributed by atoms with van der Waals surface area (Å²) in [6.07, 6.45) is 0. The Morgan fingerprint density at radius 2 is 1.82 bits per heavy atom. The molecule has 3 heterocycles. The first kappa shape index (κ1) is 14.8. The fraction of sp³-hybridized carbons (Fsp3) is 0.615. The lowest BCUT2D eigenvalue weighted by molar-refractivity contribution is -0.660. The predicted octanol–water partition coefficient (Wildman–Crippen LogP) is -2.41. The molecule has 0 spiro atoms. The van der Waals surface area contributed by atoms with E-state index in [1.165, 1.54) is 4.57 Å². The van der Waals surface area contributed by atoms with Crippen LogP contribution >= 0.6 is 0 Å². The van der Waals surface area contributed by atoms with E-state index in [4.69, 9.17) is 0 Å². The third kappa shape index (κ3) is 2.32. The molecule has 0 unspecified atom stereocenters. The van der Waals surface area contributed by atoms with Gasteiger partial charge in [-0.2, -0.15) is 0 Å². The zero-order valence-electron chi connectivity index (χ0n) is 12.8.